The molecule has 2 rings (SSSR count). The van der Waals surface area contributed by atoms with Crippen molar-refractivity contribution in [3.05, 3.63) is 0 Å². The summed E-state index contributed by atoms with van der Waals surface area (Å²) in [6, 6.07) is 0. The highest BCUT2D eigenvalue weighted by molar-refractivity contribution is 14.1. The van der Waals surface area contributed by atoms with Gasteiger partial charge in [-0.15, -0.1) is 0 Å². The zero-order chi connectivity index (χ0) is 9.97. The van der Waals surface area contributed by atoms with Crippen LogP contribution in [0.15, 0.2) is 0 Å². The van der Waals surface area contributed by atoms with Gasteiger partial charge in [0.15, 0.2) is 0 Å². The van der Waals surface area contributed by atoms with Gasteiger partial charge in [0, 0.05) is 3.92 Å². The molecule has 2 aliphatic carbocycles. The molecule has 0 N–H and O–H groups in total. The summed E-state index contributed by atoms with van der Waals surface area (Å²) in [6.07, 6.45) is 9.16. The van der Waals surface area contributed by atoms with E-state index in [1.54, 1.807) is 0 Å². The van der Waals surface area contributed by atoms with Gasteiger partial charge >= 0.3 is 0 Å². The third kappa shape index (κ3) is 2.83. The van der Waals surface area contributed by atoms with E-state index >= 15 is 0 Å². The summed E-state index contributed by atoms with van der Waals surface area (Å²) in [5, 5.41) is 0. The van der Waals surface area contributed by atoms with E-state index in [2.05, 4.69) is 22.6 Å². The van der Waals surface area contributed by atoms with E-state index in [9.17, 15) is 4.39 Å². The van der Waals surface area contributed by atoms with Crippen LogP contribution < -0.4 is 0 Å². The fourth-order valence-corrected chi connectivity index (χ4v) is 3.82. The fraction of sp³-hybridized carbons (Fsp3) is 1.00. The Hall–Kier alpha value is 0.660. The highest BCUT2D eigenvalue weighted by Gasteiger charge is 2.29. The lowest BCUT2D eigenvalue weighted by Crippen LogP contribution is -2.26. The number of halogens is 2. The van der Waals surface area contributed by atoms with Gasteiger partial charge in [-0.05, 0) is 63.2 Å². The average Bonchev–Trinajstić information content (AvgIpc) is 2.21. The summed E-state index contributed by atoms with van der Waals surface area (Å²) in [4.78, 5) is 0. The van der Waals surface area contributed by atoms with E-state index in [4.69, 9.17) is 0 Å². The van der Waals surface area contributed by atoms with Crippen molar-refractivity contribution in [1.29, 1.82) is 0 Å². The van der Waals surface area contributed by atoms with Gasteiger partial charge in [-0.25, -0.2) is 4.39 Å². The van der Waals surface area contributed by atoms with Crippen LogP contribution in [0.5, 0.6) is 0 Å². The Kier molecular flexibility index (Phi) is 4.09. The Morgan fingerprint density at radius 2 is 1.14 bits per heavy atom. The van der Waals surface area contributed by atoms with Gasteiger partial charge in [-0.3, -0.25) is 0 Å². The van der Waals surface area contributed by atoms with Crippen molar-refractivity contribution >= 4 is 22.6 Å². The lowest BCUT2D eigenvalue weighted by atomic mass is 9.73. The van der Waals surface area contributed by atoms with Crippen molar-refractivity contribution in [3.63, 3.8) is 0 Å². The standard InChI is InChI=1S/C12H20FI/c13-11-5-1-9(2-6-11)10-3-7-12(14)8-4-10/h9-12H,1-8H2. The molecule has 82 valence electrons. The minimum atomic E-state index is -0.479. The molecule has 2 saturated carbocycles. The molecule has 14 heavy (non-hydrogen) atoms. The van der Waals surface area contributed by atoms with Gasteiger partial charge in [0.25, 0.3) is 0 Å². The van der Waals surface area contributed by atoms with Crippen LogP contribution in [0.25, 0.3) is 0 Å². The molecule has 0 saturated heterocycles. The molecule has 0 aliphatic heterocycles. The van der Waals surface area contributed by atoms with E-state index in [0.29, 0.717) is 0 Å². The largest absolute Gasteiger partial charge is 0.247 e. The first-order chi connectivity index (χ1) is 6.75. The van der Waals surface area contributed by atoms with Crippen molar-refractivity contribution in [1.82, 2.24) is 0 Å². The molecular formula is C12H20FI. The number of hydrogen-bond acceptors (Lipinski definition) is 0. The Morgan fingerprint density at radius 1 is 0.714 bits per heavy atom. The highest BCUT2D eigenvalue weighted by atomic mass is 127. The van der Waals surface area contributed by atoms with Gasteiger partial charge < -0.3 is 0 Å². The maximum atomic E-state index is 13.0. The molecule has 0 spiro atoms. The predicted molar refractivity (Wildman–Crippen MR) is 66.6 cm³/mol. The molecule has 0 aromatic heterocycles. The molecule has 0 unspecified atom stereocenters. The zero-order valence-electron chi connectivity index (χ0n) is 8.72. The van der Waals surface area contributed by atoms with Crippen LogP contribution in [0.3, 0.4) is 0 Å². The molecule has 0 aromatic rings. The quantitative estimate of drug-likeness (QED) is 0.494. The van der Waals surface area contributed by atoms with Crippen LogP contribution in [0.4, 0.5) is 4.39 Å². The second-order valence-corrected chi connectivity index (χ2v) is 6.79. The first kappa shape index (κ1) is 11.2. The Labute approximate surface area is 100 Å². The average molecular weight is 310 g/mol. The summed E-state index contributed by atoms with van der Waals surface area (Å²) in [5.41, 5.74) is 0. The smallest absolute Gasteiger partial charge is 0.100 e. The molecule has 0 atom stereocenters. The van der Waals surface area contributed by atoms with Gasteiger partial charge in [0.05, 0.1) is 0 Å². The maximum Gasteiger partial charge on any atom is 0.100 e. The van der Waals surface area contributed by atoms with Crippen molar-refractivity contribution < 1.29 is 4.39 Å². The van der Waals surface area contributed by atoms with E-state index in [1.807, 2.05) is 0 Å². The van der Waals surface area contributed by atoms with Crippen LogP contribution in [-0.2, 0) is 0 Å². The lowest BCUT2D eigenvalue weighted by Gasteiger charge is -2.35. The minimum absolute atomic E-state index is 0.479. The first-order valence-electron chi connectivity index (χ1n) is 6.04. The summed E-state index contributed by atoms with van der Waals surface area (Å²) in [7, 11) is 0. The lowest BCUT2D eigenvalue weighted by molar-refractivity contribution is 0.144. The molecule has 2 aliphatic rings. The Morgan fingerprint density at radius 3 is 1.64 bits per heavy atom. The molecule has 0 amide bonds. The van der Waals surface area contributed by atoms with Crippen LogP contribution in [0.1, 0.15) is 51.4 Å². The fourth-order valence-electron chi connectivity index (χ4n) is 3.10. The third-order valence-electron chi connectivity index (χ3n) is 4.07. The first-order valence-corrected chi connectivity index (χ1v) is 7.28. The van der Waals surface area contributed by atoms with Crippen molar-refractivity contribution in [3.8, 4) is 0 Å². The number of hydrogen-bond donors (Lipinski definition) is 0. The van der Waals surface area contributed by atoms with E-state index in [-0.39, 0.29) is 0 Å². The summed E-state index contributed by atoms with van der Waals surface area (Å²) < 4.78 is 13.9. The summed E-state index contributed by atoms with van der Waals surface area (Å²) in [5.74, 6) is 1.81. The highest BCUT2D eigenvalue weighted by Crippen LogP contribution is 2.40. The second kappa shape index (κ2) is 5.13. The molecule has 0 radical (unpaired) electrons. The normalized spacial score (nSPS) is 45.0. The van der Waals surface area contributed by atoms with Crippen molar-refractivity contribution in [2.75, 3.05) is 0 Å². The Bertz CT molecular complexity index is 147. The minimum Gasteiger partial charge on any atom is -0.247 e. The number of rotatable bonds is 1. The number of alkyl halides is 2. The van der Waals surface area contributed by atoms with E-state index in [1.165, 1.54) is 25.7 Å². The van der Waals surface area contributed by atoms with E-state index in [0.717, 1.165) is 41.4 Å². The van der Waals surface area contributed by atoms with Crippen LogP contribution in [-0.4, -0.2) is 10.1 Å². The van der Waals surface area contributed by atoms with Crippen LogP contribution in [0, 0.1) is 11.8 Å². The molecule has 0 heterocycles. The van der Waals surface area contributed by atoms with Gasteiger partial charge in [-0.2, -0.15) is 0 Å². The molecule has 2 heteroatoms. The van der Waals surface area contributed by atoms with E-state index < -0.39 is 6.17 Å². The topological polar surface area (TPSA) is 0 Å². The maximum absolute atomic E-state index is 13.0. The molecule has 0 aromatic carbocycles. The zero-order valence-corrected chi connectivity index (χ0v) is 10.9. The molecule has 2 fully saturated rings. The van der Waals surface area contributed by atoms with Crippen LogP contribution >= 0.6 is 22.6 Å². The Balaban J connectivity index is 1.78. The molecule has 0 bridgehead atoms. The summed E-state index contributed by atoms with van der Waals surface area (Å²) in [6.45, 7) is 0. The molecule has 0 nitrogen and oxygen atoms in total. The van der Waals surface area contributed by atoms with Gasteiger partial charge in [0.2, 0.25) is 0 Å². The van der Waals surface area contributed by atoms with Crippen molar-refractivity contribution in [2.45, 2.75) is 61.5 Å². The monoisotopic (exact) mass is 310 g/mol. The SMILES string of the molecule is FC1CCC(C2CCC(I)CC2)CC1. The van der Waals surface area contributed by atoms with Crippen molar-refractivity contribution in [2.24, 2.45) is 11.8 Å². The third-order valence-corrected chi connectivity index (χ3v) is 5.32. The van der Waals surface area contributed by atoms with Gasteiger partial charge in [-0.1, -0.05) is 22.6 Å². The predicted octanol–water partition coefficient (Wildman–Crippen LogP) is 4.51. The van der Waals surface area contributed by atoms with Gasteiger partial charge in [0.1, 0.15) is 6.17 Å². The summed E-state index contributed by atoms with van der Waals surface area (Å²) >= 11 is 2.58. The van der Waals surface area contributed by atoms with Crippen LogP contribution in [0.2, 0.25) is 0 Å². The molecular weight excluding hydrogens is 290 g/mol. The second-order valence-electron chi connectivity index (χ2n) is 5.02.